The SMILES string of the molecule is N#CC1=NNC(C(F)F)C1. The van der Waals surface area contributed by atoms with Gasteiger partial charge in [-0.1, -0.05) is 0 Å². The Balaban J connectivity index is 2.46. The predicted octanol–water partition coefficient (Wildman–Crippen LogP) is 0.493. The zero-order valence-corrected chi connectivity index (χ0v) is 5.01. The van der Waals surface area contributed by atoms with Crippen LogP contribution in [0.25, 0.3) is 0 Å². The standard InChI is InChI=1S/C5H5F2N3/c6-5(7)4-1-3(2-8)9-10-4/h4-5,10H,1H2. The van der Waals surface area contributed by atoms with Crippen LogP contribution in [0.5, 0.6) is 0 Å². The second-order valence-electron chi connectivity index (χ2n) is 1.94. The van der Waals surface area contributed by atoms with Crippen LogP contribution < -0.4 is 5.43 Å². The van der Waals surface area contributed by atoms with Gasteiger partial charge in [-0.15, -0.1) is 0 Å². The van der Waals surface area contributed by atoms with Gasteiger partial charge in [-0.25, -0.2) is 8.78 Å². The van der Waals surface area contributed by atoms with Crippen LogP contribution in [0.4, 0.5) is 8.78 Å². The summed E-state index contributed by atoms with van der Waals surface area (Å²) < 4.78 is 23.6. The van der Waals surface area contributed by atoms with Crippen LogP contribution in [-0.2, 0) is 0 Å². The molecule has 0 aromatic heterocycles. The van der Waals surface area contributed by atoms with Crippen molar-refractivity contribution in [2.45, 2.75) is 18.9 Å². The van der Waals surface area contributed by atoms with E-state index in [0.717, 1.165) is 0 Å². The van der Waals surface area contributed by atoms with Gasteiger partial charge in [0.1, 0.15) is 17.8 Å². The van der Waals surface area contributed by atoms with E-state index in [4.69, 9.17) is 5.26 Å². The molecule has 0 fully saturated rings. The number of rotatable bonds is 1. The van der Waals surface area contributed by atoms with Crippen molar-refractivity contribution in [1.29, 1.82) is 5.26 Å². The van der Waals surface area contributed by atoms with E-state index in [0.29, 0.717) is 0 Å². The number of halogens is 2. The van der Waals surface area contributed by atoms with Gasteiger partial charge in [0.2, 0.25) is 0 Å². The number of nitriles is 1. The number of hydrazone groups is 1. The van der Waals surface area contributed by atoms with E-state index in [-0.39, 0.29) is 12.1 Å². The van der Waals surface area contributed by atoms with E-state index < -0.39 is 12.5 Å². The molecular formula is C5H5F2N3. The normalized spacial score (nSPS) is 23.8. The van der Waals surface area contributed by atoms with Gasteiger partial charge in [0.25, 0.3) is 6.43 Å². The van der Waals surface area contributed by atoms with Gasteiger partial charge >= 0.3 is 0 Å². The first-order chi connectivity index (χ1) is 4.74. The summed E-state index contributed by atoms with van der Waals surface area (Å²) in [6, 6.07) is 0.740. The lowest BCUT2D eigenvalue weighted by molar-refractivity contribution is 0.106. The van der Waals surface area contributed by atoms with Crippen LogP contribution in [-0.4, -0.2) is 18.2 Å². The fourth-order valence-corrected chi connectivity index (χ4v) is 0.676. The Bertz CT molecular complexity index is 194. The molecule has 0 radical (unpaired) electrons. The summed E-state index contributed by atoms with van der Waals surface area (Å²) in [4.78, 5) is 0. The predicted molar refractivity (Wildman–Crippen MR) is 30.6 cm³/mol. The van der Waals surface area contributed by atoms with Gasteiger partial charge in [0.15, 0.2) is 0 Å². The fraction of sp³-hybridized carbons (Fsp3) is 0.600. The van der Waals surface area contributed by atoms with Gasteiger partial charge in [-0.3, -0.25) is 5.43 Å². The monoisotopic (exact) mass is 145 g/mol. The molecule has 0 aromatic rings. The van der Waals surface area contributed by atoms with Crippen LogP contribution in [0.2, 0.25) is 0 Å². The summed E-state index contributed by atoms with van der Waals surface area (Å²) in [7, 11) is 0. The van der Waals surface area contributed by atoms with Gasteiger partial charge in [0, 0.05) is 6.42 Å². The summed E-state index contributed by atoms with van der Waals surface area (Å²) in [6.07, 6.45) is -2.41. The third kappa shape index (κ3) is 1.21. The number of nitrogens with zero attached hydrogens (tertiary/aromatic N) is 2. The molecule has 5 heteroatoms. The molecule has 3 nitrogen and oxygen atoms in total. The molecule has 0 aromatic carbocycles. The molecule has 1 unspecified atom stereocenters. The third-order valence-corrected chi connectivity index (χ3v) is 1.21. The Labute approximate surface area is 56.3 Å². The number of alkyl halides is 2. The van der Waals surface area contributed by atoms with Crippen molar-refractivity contribution in [3.63, 3.8) is 0 Å². The molecule has 0 amide bonds. The molecule has 1 rings (SSSR count). The summed E-state index contributed by atoms with van der Waals surface area (Å²) in [5.74, 6) is 0. The largest absolute Gasteiger partial charge is 0.300 e. The first-order valence-electron chi connectivity index (χ1n) is 2.74. The van der Waals surface area contributed by atoms with Crippen molar-refractivity contribution in [3.8, 4) is 6.07 Å². The van der Waals surface area contributed by atoms with Crippen molar-refractivity contribution < 1.29 is 8.78 Å². The van der Waals surface area contributed by atoms with E-state index in [1.807, 2.05) is 0 Å². The van der Waals surface area contributed by atoms with Crippen molar-refractivity contribution in [3.05, 3.63) is 0 Å². The zero-order chi connectivity index (χ0) is 7.56. The lowest BCUT2D eigenvalue weighted by Crippen LogP contribution is -2.27. The molecule has 1 aliphatic heterocycles. The van der Waals surface area contributed by atoms with Crippen LogP contribution in [0.1, 0.15) is 6.42 Å². The minimum Gasteiger partial charge on any atom is -0.300 e. The average Bonchev–Trinajstić information content (AvgIpc) is 2.34. The maximum atomic E-state index is 11.8. The van der Waals surface area contributed by atoms with Crippen molar-refractivity contribution >= 4 is 5.71 Å². The number of nitrogens with one attached hydrogen (secondary N) is 1. The van der Waals surface area contributed by atoms with E-state index in [9.17, 15) is 8.78 Å². The van der Waals surface area contributed by atoms with Gasteiger partial charge < -0.3 is 0 Å². The van der Waals surface area contributed by atoms with Crippen LogP contribution in [0.15, 0.2) is 5.10 Å². The molecule has 0 saturated carbocycles. The van der Waals surface area contributed by atoms with Gasteiger partial charge in [-0.2, -0.15) is 10.4 Å². The molecule has 0 aliphatic carbocycles. The first kappa shape index (κ1) is 6.93. The molecule has 1 aliphatic rings. The molecule has 1 atom stereocenters. The van der Waals surface area contributed by atoms with Crippen LogP contribution in [0, 0.1) is 11.3 Å². The summed E-state index contributed by atoms with van der Waals surface area (Å²) in [5.41, 5.74) is 2.32. The second kappa shape index (κ2) is 2.60. The van der Waals surface area contributed by atoms with E-state index in [1.54, 1.807) is 6.07 Å². The summed E-state index contributed by atoms with van der Waals surface area (Å²) in [6.45, 7) is 0. The topological polar surface area (TPSA) is 48.2 Å². The summed E-state index contributed by atoms with van der Waals surface area (Å²) in [5, 5.41) is 11.6. The lowest BCUT2D eigenvalue weighted by atomic mass is 10.2. The molecule has 1 heterocycles. The van der Waals surface area contributed by atoms with Crippen molar-refractivity contribution in [1.82, 2.24) is 5.43 Å². The Morgan fingerprint density at radius 3 is 2.80 bits per heavy atom. The molecule has 0 bridgehead atoms. The number of hydrogen-bond donors (Lipinski definition) is 1. The Hall–Kier alpha value is -1.18. The summed E-state index contributed by atoms with van der Waals surface area (Å²) >= 11 is 0. The zero-order valence-electron chi connectivity index (χ0n) is 5.01. The lowest BCUT2D eigenvalue weighted by Gasteiger charge is -2.05. The fourth-order valence-electron chi connectivity index (χ4n) is 0.676. The van der Waals surface area contributed by atoms with Gasteiger partial charge in [0.05, 0.1) is 0 Å². The molecule has 54 valence electrons. The highest BCUT2D eigenvalue weighted by Crippen LogP contribution is 2.10. The first-order valence-corrected chi connectivity index (χ1v) is 2.74. The van der Waals surface area contributed by atoms with E-state index in [1.165, 1.54) is 0 Å². The highest BCUT2D eigenvalue weighted by atomic mass is 19.3. The molecule has 0 spiro atoms. The van der Waals surface area contributed by atoms with Gasteiger partial charge in [-0.05, 0) is 0 Å². The minimum absolute atomic E-state index is 0.0359. The minimum atomic E-state index is -2.45. The quantitative estimate of drug-likeness (QED) is 0.583. The van der Waals surface area contributed by atoms with Crippen molar-refractivity contribution in [2.75, 3.05) is 0 Å². The maximum Gasteiger partial charge on any atom is 0.260 e. The Kier molecular flexibility index (Phi) is 1.81. The average molecular weight is 145 g/mol. The van der Waals surface area contributed by atoms with Crippen molar-refractivity contribution in [2.24, 2.45) is 5.10 Å². The maximum absolute atomic E-state index is 11.8. The second-order valence-corrected chi connectivity index (χ2v) is 1.94. The molecule has 0 saturated heterocycles. The highest BCUT2D eigenvalue weighted by molar-refractivity contribution is 5.99. The smallest absolute Gasteiger partial charge is 0.260 e. The van der Waals surface area contributed by atoms with E-state index in [2.05, 4.69) is 10.5 Å². The molecule has 1 N–H and O–H groups in total. The van der Waals surface area contributed by atoms with E-state index >= 15 is 0 Å². The van der Waals surface area contributed by atoms with Crippen LogP contribution in [0.3, 0.4) is 0 Å². The highest BCUT2D eigenvalue weighted by Gasteiger charge is 2.26. The Morgan fingerprint density at radius 2 is 2.50 bits per heavy atom. The Morgan fingerprint density at radius 1 is 1.80 bits per heavy atom. The molecule has 10 heavy (non-hydrogen) atoms. The number of hydrogen-bond acceptors (Lipinski definition) is 3. The third-order valence-electron chi connectivity index (χ3n) is 1.21. The molecular weight excluding hydrogens is 140 g/mol. The van der Waals surface area contributed by atoms with Crippen LogP contribution >= 0.6 is 0 Å².